The minimum atomic E-state index is -3.33. The summed E-state index contributed by atoms with van der Waals surface area (Å²) >= 11 is 0. The van der Waals surface area contributed by atoms with Crippen LogP contribution in [0, 0.1) is 0 Å². The maximum Gasteiger partial charge on any atom is 0.279 e. The van der Waals surface area contributed by atoms with Crippen molar-refractivity contribution in [3.63, 3.8) is 0 Å². The van der Waals surface area contributed by atoms with Gasteiger partial charge in [0.25, 0.3) is 10.2 Å². The average molecular weight is 251 g/mol. The highest BCUT2D eigenvalue weighted by molar-refractivity contribution is 7.87. The van der Waals surface area contributed by atoms with Crippen LogP contribution in [0.25, 0.3) is 0 Å². The Labute approximate surface area is 99.8 Å². The van der Waals surface area contributed by atoms with Crippen molar-refractivity contribution in [2.24, 2.45) is 0 Å². The normalized spacial score (nSPS) is 13.8. The van der Waals surface area contributed by atoms with Gasteiger partial charge in [-0.3, -0.25) is 0 Å². The minimum absolute atomic E-state index is 0.00932. The molecule has 0 atom stereocenters. The van der Waals surface area contributed by atoms with Gasteiger partial charge in [0.1, 0.15) is 0 Å². The Morgan fingerprint density at radius 3 is 2.06 bits per heavy atom. The first-order valence-electron chi connectivity index (χ1n) is 5.54. The molecule has 0 aromatic heterocycles. The van der Waals surface area contributed by atoms with Crippen LogP contribution in [0.1, 0.15) is 34.6 Å². The zero-order valence-electron chi connectivity index (χ0n) is 11.2. The maximum atomic E-state index is 11.7. The average Bonchev–Trinajstić information content (AvgIpc) is 2.09. The van der Waals surface area contributed by atoms with Crippen LogP contribution in [0.5, 0.6) is 0 Å². The zero-order valence-corrected chi connectivity index (χ0v) is 12.0. The molecule has 0 fully saturated rings. The van der Waals surface area contributed by atoms with Gasteiger partial charge in [0.2, 0.25) is 0 Å². The number of hydrogen-bond donors (Lipinski definition) is 2. The second-order valence-corrected chi connectivity index (χ2v) is 7.00. The summed E-state index contributed by atoms with van der Waals surface area (Å²) < 4.78 is 27.2. The van der Waals surface area contributed by atoms with E-state index in [1.165, 1.54) is 4.31 Å². The summed E-state index contributed by atoms with van der Waals surface area (Å²) in [6, 6.07) is -0.0342. The fraction of sp³-hybridized carbons (Fsp3) is 1.00. The van der Waals surface area contributed by atoms with Crippen molar-refractivity contribution in [1.29, 1.82) is 0 Å². The van der Waals surface area contributed by atoms with Crippen LogP contribution in [-0.2, 0) is 10.2 Å². The van der Waals surface area contributed by atoms with E-state index in [1.54, 1.807) is 7.05 Å². The van der Waals surface area contributed by atoms with Gasteiger partial charge in [-0.15, -0.1) is 0 Å². The Kier molecular flexibility index (Phi) is 5.89. The van der Waals surface area contributed by atoms with Crippen LogP contribution in [0.15, 0.2) is 0 Å². The van der Waals surface area contributed by atoms with Gasteiger partial charge in [-0.2, -0.15) is 12.7 Å². The number of nitrogens with one attached hydrogen (secondary N) is 2. The van der Waals surface area contributed by atoms with E-state index < -0.39 is 10.2 Å². The smallest absolute Gasteiger partial charge is 0.279 e. The Bertz CT molecular complexity index is 294. The van der Waals surface area contributed by atoms with Crippen molar-refractivity contribution >= 4 is 10.2 Å². The molecule has 0 heterocycles. The molecule has 6 heteroatoms. The van der Waals surface area contributed by atoms with Crippen LogP contribution in [0.3, 0.4) is 0 Å². The van der Waals surface area contributed by atoms with E-state index in [4.69, 9.17) is 0 Å². The highest BCUT2D eigenvalue weighted by Gasteiger charge is 2.19. The summed E-state index contributed by atoms with van der Waals surface area (Å²) in [5, 5.41) is 3.22. The molecule has 0 amide bonds. The SMILES string of the molecule is CC(C)N(C)S(=O)(=O)NCCNC(C)(C)C. The Balaban J connectivity index is 4.02. The van der Waals surface area contributed by atoms with Crippen LogP contribution >= 0.6 is 0 Å². The maximum absolute atomic E-state index is 11.7. The second kappa shape index (κ2) is 5.95. The predicted molar refractivity (Wildman–Crippen MR) is 67.6 cm³/mol. The second-order valence-electron chi connectivity index (χ2n) is 5.19. The molecule has 0 unspecified atom stereocenters. The summed E-state index contributed by atoms with van der Waals surface area (Å²) in [6.45, 7) is 10.8. The standard InChI is InChI=1S/C10H25N3O2S/c1-9(2)13(6)16(14,15)12-8-7-11-10(3,4)5/h9,11-12H,7-8H2,1-6H3. The van der Waals surface area contributed by atoms with Gasteiger partial charge < -0.3 is 5.32 Å². The van der Waals surface area contributed by atoms with Crippen LogP contribution in [0.4, 0.5) is 0 Å². The van der Waals surface area contributed by atoms with Crippen molar-refractivity contribution in [2.75, 3.05) is 20.1 Å². The van der Waals surface area contributed by atoms with Gasteiger partial charge >= 0.3 is 0 Å². The number of nitrogens with zero attached hydrogens (tertiary/aromatic N) is 1. The fourth-order valence-corrected chi connectivity index (χ4v) is 2.12. The lowest BCUT2D eigenvalue weighted by Gasteiger charge is -2.23. The predicted octanol–water partition coefficient (Wildman–Crippen LogP) is 0.549. The first-order valence-corrected chi connectivity index (χ1v) is 6.98. The Hall–Kier alpha value is -0.170. The molecule has 0 aliphatic heterocycles. The van der Waals surface area contributed by atoms with Gasteiger partial charge in [-0.05, 0) is 34.6 Å². The van der Waals surface area contributed by atoms with Crippen LogP contribution < -0.4 is 10.0 Å². The van der Waals surface area contributed by atoms with Crippen molar-refractivity contribution in [1.82, 2.24) is 14.3 Å². The van der Waals surface area contributed by atoms with Gasteiger partial charge in [0, 0.05) is 31.7 Å². The van der Waals surface area contributed by atoms with E-state index in [0.717, 1.165) is 0 Å². The lowest BCUT2D eigenvalue weighted by molar-refractivity contribution is 0.396. The summed E-state index contributed by atoms with van der Waals surface area (Å²) in [6.07, 6.45) is 0. The monoisotopic (exact) mass is 251 g/mol. The van der Waals surface area contributed by atoms with E-state index in [-0.39, 0.29) is 11.6 Å². The van der Waals surface area contributed by atoms with E-state index in [2.05, 4.69) is 10.0 Å². The van der Waals surface area contributed by atoms with E-state index >= 15 is 0 Å². The summed E-state index contributed by atoms with van der Waals surface area (Å²) in [5.74, 6) is 0. The van der Waals surface area contributed by atoms with E-state index in [9.17, 15) is 8.42 Å². The van der Waals surface area contributed by atoms with Crippen molar-refractivity contribution in [3.8, 4) is 0 Å². The van der Waals surface area contributed by atoms with Gasteiger partial charge in [-0.25, -0.2) is 4.72 Å². The molecule has 98 valence electrons. The Morgan fingerprint density at radius 1 is 1.19 bits per heavy atom. The van der Waals surface area contributed by atoms with Crippen LogP contribution in [-0.4, -0.2) is 44.4 Å². The molecule has 0 radical (unpaired) electrons. The Morgan fingerprint density at radius 2 is 1.69 bits per heavy atom. The van der Waals surface area contributed by atoms with Gasteiger partial charge in [-0.1, -0.05) is 0 Å². The summed E-state index contributed by atoms with van der Waals surface area (Å²) in [7, 11) is -1.76. The fourth-order valence-electron chi connectivity index (χ4n) is 0.997. The topological polar surface area (TPSA) is 61.4 Å². The molecule has 0 aliphatic carbocycles. The molecule has 0 saturated carbocycles. The molecule has 0 spiro atoms. The summed E-state index contributed by atoms with van der Waals surface area (Å²) in [5.41, 5.74) is 0.00932. The van der Waals surface area contributed by atoms with Crippen LogP contribution in [0.2, 0.25) is 0 Å². The third kappa shape index (κ3) is 6.42. The molecule has 0 saturated heterocycles. The number of rotatable bonds is 6. The molecule has 2 N–H and O–H groups in total. The van der Waals surface area contributed by atoms with Crippen molar-refractivity contribution < 1.29 is 8.42 Å². The molecule has 0 aromatic carbocycles. The van der Waals surface area contributed by atoms with Crippen molar-refractivity contribution in [3.05, 3.63) is 0 Å². The highest BCUT2D eigenvalue weighted by Crippen LogP contribution is 2.00. The first-order chi connectivity index (χ1) is 7.06. The minimum Gasteiger partial charge on any atom is -0.311 e. The third-order valence-corrected chi connectivity index (χ3v) is 3.92. The summed E-state index contributed by atoms with van der Waals surface area (Å²) in [4.78, 5) is 0. The number of hydrogen-bond acceptors (Lipinski definition) is 3. The molecule has 0 rings (SSSR count). The molecule has 0 aliphatic rings. The molecule has 16 heavy (non-hydrogen) atoms. The lowest BCUT2D eigenvalue weighted by Crippen LogP contribution is -2.46. The third-order valence-electron chi connectivity index (χ3n) is 2.17. The van der Waals surface area contributed by atoms with Crippen molar-refractivity contribution in [2.45, 2.75) is 46.2 Å². The molecular formula is C10H25N3O2S. The molecule has 5 nitrogen and oxygen atoms in total. The molecule has 0 bridgehead atoms. The molecular weight excluding hydrogens is 226 g/mol. The van der Waals surface area contributed by atoms with E-state index in [1.807, 2.05) is 34.6 Å². The first kappa shape index (κ1) is 15.8. The van der Waals surface area contributed by atoms with Gasteiger partial charge in [0.05, 0.1) is 0 Å². The molecule has 0 aromatic rings. The quantitative estimate of drug-likeness (QED) is 0.678. The lowest BCUT2D eigenvalue weighted by atomic mass is 10.1. The highest BCUT2D eigenvalue weighted by atomic mass is 32.2. The largest absolute Gasteiger partial charge is 0.311 e. The van der Waals surface area contributed by atoms with E-state index in [0.29, 0.717) is 13.1 Å². The zero-order chi connectivity index (χ0) is 13.0. The van der Waals surface area contributed by atoms with Gasteiger partial charge in [0.15, 0.2) is 0 Å².